The van der Waals surface area contributed by atoms with E-state index < -0.39 is 0 Å². The highest BCUT2D eigenvalue weighted by molar-refractivity contribution is 7.12. The summed E-state index contributed by atoms with van der Waals surface area (Å²) < 4.78 is 0. The van der Waals surface area contributed by atoms with Crippen molar-refractivity contribution < 1.29 is 0 Å². The topological polar surface area (TPSA) is 15.3 Å². The molecule has 0 spiro atoms. The summed E-state index contributed by atoms with van der Waals surface area (Å²) in [4.78, 5) is 5.76. The molecule has 1 N–H and O–H groups in total. The van der Waals surface area contributed by atoms with E-state index in [9.17, 15) is 0 Å². The Morgan fingerprint density at radius 3 is 2.35 bits per heavy atom. The van der Waals surface area contributed by atoms with Gasteiger partial charge in [0.15, 0.2) is 0 Å². The molecule has 1 fully saturated rings. The van der Waals surface area contributed by atoms with Crippen LogP contribution in [-0.4, -0.2) is 31.1 Å². The van der Waals surface area contributed by atoms with Crippen molar-refractivity contribution in [1.82, 2.24) is 10.2 Å². The predicted molar refractivity (Wildman–Crippen MR) is 94.8 cm³/mol. The number of thiophene rings is 1. The third kappa shape index (κ3) is 5.53. The van der Waals surface area contributed by atoms with Gasteiger partial charge in [-0.25, -0.2) is 0 Å². The summed E-state index contributed by atoms with van der Waals surface area (Å²) >= 11 is 2.01. The molecule has 20 heavy (non-hydrogen) atoms. The number of hydrogen-bond donors (Lipinski definition) is 1. The molecule has 0 aliphatic carbocycles. The van der Waals surface area contributed by atoms with Crippen LogP contribution < -0.4 is 5.32 Å². The quantitative estimate of drug-likeness (QED) is 0.867. The largest absolute Gasteiger partial charge is 0.314 e. The number of nitrogens with zero attached hydrogens (tertiary/aromatic N) is 1. The fourth-order valence-electron chi connectivity index (χ4n) is 2.65. The smallest absolute Gasteiger partial charge is 0.0445 e. The zero-order valence-corrected chi connectivity index (χ0v) is 15.2. The van der Waals surface area contributed by atoms with Crippen molar-refractivity contribution in [2.45, 2.75) is 39.7 Å². The van der Waals surface area contributed by atoms with Crippen LogP contribution in [-0.2, 0) is 6.42 Å². The van der Waals surface area contributed by atoms with E-state index in [-0.39, 0.29) is 24.8 Å². The van der Waals surface area contributed by atoms with Crippen molar-refractivity contribution >= 4 is 36.2 Å². The van der Waals surface area contributed by atoms with Gasteiger partial charge in [0.25, 0.3) is 0 Å². The molecule has 0 saturated carbocycles. The van der Waals surface area contributed by atoms with E-state index in [4.69, 9.17) is 0 Å². The highest BCUT2D eigenvalue weighted by Crippen LogP contribution is 2.33. The van der Waals surface area contributed by atoms with Crippen molar-refractivity contribution in [2.24, 2.45) is 5.92 Å². The Morgan fingerprint density at radius 1 is 1.20 bits per heavy atom. The zero-order chi connectivity index (χ0) is 13.0. The van der Waals surface area contributed by atoms with Gasteiger partial charge in [0.2, 0.25) is 0 Å². The molecular weight excluding hydrogens is 311 g/mol. The van der Waals surface area contributed by atoms with E-state index in [1.807, 2.05) is 11.3 Å². The first-order valence-electron chi connectivity index (χ1n) is 7.24. The van der Waals surface area contributed by atoms with E-state index in [1.54, 1.807) is 4.88 Å². The van der Waals surface area contributed by atoms with Crippen LogP contribution in [0.5, 0.6) is 0 Å². The van der Waals surface area contributed by atoms with Crippen LogP contribution >= 0.6 is 36.2 Å². The number of aryl methyl sites for hydroxylation is 1. The molecule has 1 aromatic heterocycles. The molecule has 5 heteroatoms. The van der Waals surface area contributed by atoms with E-state index in [0.29, 0.717) is 6.04 Å². The third-order valence-corrected chi connectivity index (χ3v) is 4.98. The molecule has 0 aromatic carbocycles. The van der Waals surface area contributed by atoms with Gasteiger partial charge in [-0.15, -0.1) is 36.2 Å². The molecule has 2 rings (SSSR count). The third-order valence-electron chi connectivity index (χ3n) is 3.65. The molecule has 1 aliphatic heterocycles. The second-order valence-corrected chi connectivity index (χ2v) is 6.79. The van der Waals surface area contributed by atoms with Crippen LogP contribution in [0.3, 0.4) is 0 Å². The Balaban J connectivity index is 0.00000180. The maximum atomic E-state index is 3.45. The summed E-state index contributed by atoms with van der Waals surface area (Å²) in [5.74, 6) is 0.761. The van der Waals surface area contributed by atoms with Crippen LogP contribution in [0.4, 0.5) is 0 Å². The lowest BCUT2D eigenvalue weighted by Crippen LogP contribution is -2.45. The standard InChI is InChI=1S/C15H26N2S.2ClH/c1-4-13-5-6-15(18-13)14(11-12(2)3)17-9-7-16-8-10-17;;/h5-6,12,14,16H,4,7-11H2,1-3H3;2*1H/t14-;;/m0../s1. The van der Waals surface area contributed by atoms with Gasteiger partial charge in [-0.2, -0.15) is 0 Å². The fraction of sp³-hybridized carbons (Fsp3) is 0.733. The molecule has 0 unspecified atom stereocenters. The lowest BCUT2D eigenvalue weighted by molar-refractivity contribution is 0.156. The van der Waals surface area contributed by atoms with Gasteiger partial charge in [-0.05, 0) is 30.9 Å². The molecule has 0 radical (unpaired) electrons. The molecule has 0 bridgehead atoms. The minimum Gasteiger partial charge on any atom is -0.314 e. The van der Waals surface area contributed by atoms with Crippen molar-refractivity contribution in [3.8, 4) is 0 Å². The molecule has 2 heterocycles. The SMILES string of the molecule is CCc1ccc([C@H](CC(C)C)N2CCNCC2)s1.Cl.Cl. The molecule has 2 nitrogen and oxygen atoms in total. The molecule has 1 saturated heterocycles. The first kappa shape index (κ1) is 20.2. The van der Waals surface area contributed by atoms with Gasteiger partial charge in [0.1, 0.15) is 0 Å². The van der Waals surface area contributed by atoms with Gasteiger partial charge in [0, 0.05) is 42.0 Å². The van der Waals surface area contributed by atoms with E-state index in [0.717, 1.165) is 19.0 Å². The normalized spacial score (nSPS) is 17.4. The number of hydrogen-bond acceptors (Lipinski definition) is 3. The minimum absolute atomic E-state index is 0. The summed E-state index contributed by atoms with van der Waals surface area (Å²) in [6.45, 7) is 11.6. The Hall–Kier alpha value is 0.200. The number of rotatable bonds is 5. The average Bonchev–Trinajstić information content (AvgIpc) is 2.85. The van der Waals surface area contributed by atoms with Gasteiger partial charge in [-0.3, -0.25) is 4.90 Å². The van der Waals surface area contributed by atoms with Crippen molar-refractivity contribution in [1.29, 1.82) is 0 Å². The highest BCUT2D eigenvalue weighted by atomic mass is 35.5. The fourth-order valence-corrected chi connectivity index (χ4v) is 3.75. The van der Waals surface area contributed by atoms with Gasteiger partial charge in [0.05, 0.1) is 0 Å². The van der Waals surface area contributed by atoms with Crippen LogP contribution in [0.25, 0.3) is 0 Å². The molecular formula is C15H28Cl2N2S. The van der Waals surface area contributed by atoms with E-state index in [1.165, 1.54) is 30.8 Å². The summed E-state index contributed by atoms with van der Waals surface area (Å²) in [5.41, 5.74) is 0. The number of halogens is 2. The zero-order valence-electron chi connectivity index (χ0n) is 12.7. The molecule has 0 amide bonds. The predicted octanol–water partition coefficient (Wildman–Crippen LogP) is 4.15. The molecule has 1 aliphatic rings. The Bertz CT molecular complexity index is 363. The van der Waals surface area contributed by atoms with Crippen LogP contribution in [0.1, 0.15) is 43.0 Å². The van der Waals surface area contributed by atoms with Gasteiger partial charge in [-0.1, -0.05) is 20.8 Å². The Morgan fingerprint density at radius 2 is 1.85 bits per heavy atom. The Kier molecular flexibility index (Phi) is 10.1. The maximum Gasteiger partial charge on any atom is 0.0445 e. The molecule has 1 atom stereocenters. The minimum atomic E-state index is 0. The number of piperazine rings is 1. The average molecular weight is 339 g/mol. The summed E-state index contributed by atoms with van der Waals surface area (Å²) in [6, 6.07) is 5.31. The molecule has 1 aromatic rings. The maximum absolute atomic E-state index is 3.45. The van der Waals surface area contributed by atoms with Gasteiger partial charge >= 0.3 is 0 Å². The monoisotopic (exact) mass is 338 g/mol. The lowest BCUT2D eigenvalue weighted by Gasteiger charge is -2.35. The van der Waals surface area contributed by atoms with E-state index in [2.05, 4.69) is 43.1 Å². The van der Waals surface area contributed by atoms with Crippen LogP contribution in [0.2, 0.25) is 0 Å². The lowest BCUT2D eigenvalue weighted by atomic mass is 10.0. The highest BCUT2D eigenvalue weighted by Gasteiger charge is 2.24. The second-order valence-electron chi connectivity index (χ2n) is 5.59. The van der Waals surface area contributed by atoms with Gasteiger partial charge < -0.3 is 5.32 Å². The van der Waals surface area contributed by atoms with E-state index >= 15 is 0 Å². The summed E-state index contributed by atoms with van der Waals surface area (Å²) in [7, 11) is 0. The Labute approximate surface area is 140 Å². The number of nitrogens with one attached hydrogen (secondary N) is 1. The van der Waals surface area contributed by atoms with Crippen LogP contribution in [0, 0.1) is 5.92 Å². The van der Waals surface area contributed by atoms with Crippen molar-refractivity contribution in [3.63, 3.8) is 0 Å². The van der Waals surface area contributed by atoms with Crippen molar-refractivity contribution in [3.05, 3.63) is 21.9 Å². The van der Waals surface area contributed by atoms with Crippen molar-refractivity contribution in [2.75, 3.05) is 26.2 Å². The first-order chi connectivity index (χ1) is 8.70. The second kappa shape index (κ2) is 10.0. The summed E-state index contributed by atoms with van der Waals surface area (Å²) in [6.07, 6.45) is 2.45. The first-order valence-corrected chi connectivity index (χ1v) is 8.05. The summed E-state index contributed by atoms with van der Waals surface area (Å²) in [5, 5.41) is 3.45. The van der Waals surface area contributed by atoms with Crippen LogP contribution in [0.15, 0.2) is 12.1 Å². The molecule has 118 valence electrons.